The average molecular weight is 261 g/mol. The first-order valence-electron chi connectivity index (χ1n) is 6.91. The molecule has 4 heteroatoms. The van der Waals surface area contributed by atoms with Crippen molar-refractivity contribution in [2.45, 2.75) is 25.0 Å². The van der Waals surface area contributed by atoms with Crippen molar-refractivity contribution < 1.29 is 14.3 Å². The summed E-state index contributed by atoms with van der Waals surface area (Å²) in [5.74, 6) is 0.127. The molecule has 0 spiro atoms. The number of hydrogen-bond donors (Lipinski definition) is 0. The molecule has 0 saturated carbocycles. The highest BCUT2D eigenvalue weighted by molar-refractivity contribution is 5.81. The lowest BCUT2D eigenvalue weighted by Gasteiger charge is -2.34. The van der Waals surface area contributed by atoms with Crippen molar-refractivity contribution in [3.8, 4) is 0 Å². The molecule has 2 atom stereocenters. The van der Waals surface area contributed by atoms with Crippen LogP contribution in [-0.4, -0.2) is 43.2 Å². The molecule has 2 fully saturated rings. The molecule has 2 aliphatic rings. The Morgan fingerprint density at radius 2 is 2.00 bits per heavy atom. The van der Waals surface area contributed by atoms with Crippen LogP contribution in [0.4, 0.5) is 0 Å². The molecular formula is C15H19NO3. The van der Waals surface area contributed by atoms with E-state index >= 15 is 0 Å². The third-order valence-electron chi connectivity index (χ3n) is 3.75. The molecule has 1 amide bonds. The topological polar surface area (TPSA) is 38.8 Å². The zero-order chi connectivity index (χ0) is 13.1. The molecule has 0 bridgehead atoms. The van der Waals surface area contributed by atoms with Crippen LogP contribution < -0.4 is 0 Å². The van der Waals surface area contributed by atoms with Crippen molar-refractivity contribution >= 4 is 5.91 Å². The maximum Gasteiger partial charge on any atom is 0.251 e. The van der Waals surface area contributed by atoms with Crippen LogP contribution in [0.1, 0.15) is 24.5 Å². The summed E-state index contributed by atoms with van der Waals surface area (Å²) >= 11 is 0. The molecule has 0 radical (unpaired) electrons. The van der Waals surface area contributed by atoms with Gasteiger partial charge in [0, 0.05) is 13.2 Å². The van der Waals surface area contributed by atoms with E-state index < -0.39 is 0 Å². The Hall–Kier alpha value is -1.39. The predicted molar refractivity (Wildman–Crippen MR) is 70.7 cm³/mol. The Kier molecular flexibility index (Phi) is 3.80. The molecular weight excluding hydrogens is 242 g/mol. The van der Waals surface area contributed by atoms with Gasteiger partial charge < -0.3 is 14.4 Å². The van der Waals surface area contributed by atoms with Gasteiger partial charge in [-0.15, -0.1) is 0 Å². The summed E-state index contributed by atoms with van der Waals surface area (Å²) in [6.07, 6.45) is 1.60. The smallest absolute Gasteiger partial charge is 0.251 e. The van der Waals surface area contributed by atoms with Crippen molar-refractivity contribution in [2.75, 3.05) is 26.3 Å². The molecule has 2 saturated heterocycles. The lowest BCUT2D eigenvalue weighted by Crippen LogP contribution is -2.46. The number of ether oxygens (including phenoxy) is 2. The first-order valence-corrected chi connectivity index (χ1v) is 6.91. The maximum absolute atomic E-state index is 12.3. The lowest BCUT2D eigenvalue weighted by atomic mass is 10.1. The number of carbonyl (C=O) groups is 1. The summed E-state index contributed by atoms with van der Waals surface area (Å²) in [7, 11) is 0. The van der Waals surface area contributed by atoms with Gasteiger partial charge in [-0.3, -0.25) is 4.79 Å². The van der Waals surface area contributed by atoms with Crippen LogP contribution in [0.25, 0.3) is 0 Å². The number of rotatable bonds is 2. The molecule has 4 nitrogen and oxygen atoms in total. The van der Waals surface area contributed by atoms with Crippen molar-refractivity contribution in [3.63, 3.8) is 0 Å². The number of nitrogens with zero attached hydrogens (tertiary/aromatic N) is 1. The van der Waals surface area contributed by atoms with Gasteiger partial charge in [-0.25, -0.2) is 0 Å². The highest BCUT2D eigenvalue weighted by Crippen LogP contribution is 2.24. The van der Waals surface area contributed by atoms with E-state index in [1.807, 2.05) is 35.2 Å². The fourth-order valence-electron chi connectivity index (χ4n) is 2.69. The second kappa shape index (κ2) is 5.72. The number of hydrogen-bond acceptors (Lipinski definition) is 3. The maximum atomic E-state index is 12.3. The standard InChI is InChI=1S/C15H19NO3/c17-15(13-7-4-9-18-13)16-8-10-19-14(11-16)12-5-2-1-3-6-12/h1-3,5-6,13-14H,4,7-11H2/t13-,14-/m1/s1. The van der Waals surface area contributed by atoms with Crippen LogP contribution in [0.3, 0.4) is 0 Å². The second-order valence-electron chi connectivity index (χ2n) is 5.06. The lowest BCUT2D eigenvalue weighted by molar-refractivity contribution is -0.148. The van der Waals surface area contributed by atoms with Crippen LogP contribution in [0, 0.1) is 0 Å². The molecule has 3 rings (SSSR count). The van der Waals surface area contributed by atoms with Crippen molar-refractivity contribution in [3.05, 3.63) is 35.9 Å². The minimum Gasteiger partial charge on any atom is -0.370 e. The third kappa shape index (κ3) is 2.80. The van der Waals surface area contributed by atoms with Gasteiger partial charge in [0.1, 0.15) is 12.2 Å². The van der Waals surface area contributed by atoms with E-state index in [4.69, 9.17) is 9.47 Å². The van der Waals surface area contributed by atoms with Gasteiger partial charge in [-0.2, -0.15) is 0 Å². The largest absolute Gasteiger partial charge is 0.370 e. The van der Waals surface area contributed by atoms with Crippen LogP contribution in [-0.2, 0) is 14.3 Å². The van der Waals surface area contributed by atoms with Gasteiger partial charge in [0.25, 0.3) is 5.91 Å². The highest BCUT2D eigenvalue weighted by Gasteiger charge is 2.32. The van der Waals surface area contributed by atoms with E-state index in [1.165, 1.54) is 0 Å². The molecule has 0 aromatic heterocycles. The summed E-state index contributed by atoms with van der Waals surface area (Å²) in [5, 5.41) is 0. The summed E-state index contributed by atoms with van der Waals surface area (Å²) in [4.78, 5) is 14.2. The minimum absolute atomic E-state index is 0.0136. The number of carbonyl (C=O) groups excluding carboxylic acids is 1. The number of morpholine rings is 1. The van der Waals surface area contributed by atoms with E-state index in [1.54, 1.807) is 0 Å². The molecule has 0 unspecified atom stereocenters. The van der Waals surface area contributed by atoms with Gasteiger partial charge in [-0.1, -0.05) is 30.3 Å². The molecule has 0 aliphatic carbocycles. The van der Waals surface area contributed by atoms with Gasteiger partial charge >= 0.3 is 0 Å². The van der Waals surface area contributed by atoms with Crippen LogP contribution >= 0.6 is 0 Å². The Morgan fingerprint density at radius 3 is 2.74 bits per heavy atom. The van der Waals surface area contributed by atoms with Crippen molar-refractivity contribution in [2.24, 2.45) is 0 Å². The van der Waals surface area contributed by atoms with E-state index in [-0.39, 0.29) is 18.1 Å². The Bertz CT molecular complexity index is 428. The molecule has 1 aromatic carbocycles. The molecule has 2 heterocycles. The monoisotopic (exact) mass is 261 g/mol. The summed E-state index contributed by atoms with van der Waals surface area (Å²) in [6.45, 7) is 2.60. The average Bonchev–Trinajstić information content (AvgIpc) is 3.02. The molecule has 1 aromatic rings. The van der Waals surface area contributed by atoms with E-state index in [0.29, 0.717) is 26.3 Å². The zero-order valence-corrected chi connectivity index (χ0v) is 11.0. The Labute approximate surface area is 113 Å². The van der Waals surface area contributed by atoms with Crippen molar-refractivity contribution in [1.82, 2.24) is 4.90 Å². The quantitative estimate of drug-likeness (QED) is 0.814. The molecule has 0 N–H and O–H groups in total. The van der Waals surface area contributed by atoms with E-state index in [2.05, 4.69) is 0 Å². The van der Waals surface area contributed by atoms with E-state index in [9.17, 15) is 4.79 Å². The Balaban J connectivity index is 1.66. The van der Waals surface area contributed by atoms with E-state index in [0.717, 1.165) is 18.4 Å². The second-order valence-corrected chi connectivity index (χ2v) is 5.06. The Morgan fingerprint density at radius 1 is 1.16 bits per heavy atom. The SMILES string of the molecule is O=C([C@H]1CCCO1)N1CCO[C@@H](c2ccccc2)C1. The summed E-state index contributed by atoms with van der Waals surface area (Å²) < 4.78 is 11.2. The van der Waals surface area contributed by atoms with Gasteiger partial charge in [0.2, 0.25) is 0 Å². The fourth-order valence-corrected chi connectivity index (χ4v) is 2.69. The number of amides is 1. The molecule has 2 aliphatic heterocycles. The molecule has 102 valence electrons. The first kappa shape index (κ1) is 12.6. The highest BCUT2D eigenvalue weighted by atomic mass is 16.5. The van der Waals surface area contributed by atoms with Crippen LogP contribution in [0.15, 0.2) is 30.3 Å². The van der Waals surface area contributed by atoms with Gasteiger partial charge in [-0.05, 0) is 18.4 Å². The normalized spacial score (nSPS) is 27.5. The van der Waals surface area contributed by atoms with Gasteiger partial charge in [0.05, 0.1) is 13.2 Å². The minimum atomic E-state index is -0.227. The first-order chi connectivity index (χ1) is 9.34. The zero-order valence-electron chi connectivity index (χ0n) is 11.0. The summed E-state index contributed by atoms with van der Waals surface area (Å²) in [6, 6.07) is 10.1. The van der Waals surface area contributed by atoms with Crippen molar-refractivity contribution in [1.29, 1.82) is 0 Å². The van der Waals surface area contributed by atoms with Crippen LogP contribution in [0.2, 0.25) is 0 Å². The third-order valence-corrected chi connectivity index (χ3v) is 3.75. The predicted octanol–water partition coefficient (Wildman–Crippen LogP) is 1.77. The summed E-state index contributed by atoms with van der Waals surface area (Å²) in [5.41, 5.74) is 1.13. The number of benzene rings is 1. The fraction of sp³-hybridized carbons (Fsp3) is 0.533. The van der Waals surface area contributed by atoms with Gasteiger partial charge in [0.15, 0.2) is 0 Å². The van der Waals surface area contributed by atoms with Crippen LogP contribution in [0.5, 0.6) is 0 Å². The molecule has 19 heavy (non-hydrogen) atoms.